The number of aryl methyl sites for hydroxylation is 1. The highest BCUT2D eigenvalue weighted by Crippen LogP contribution is 2.31. The number of pyridine rings is 1. The van der Waals surface area contributed by atoms with Crippen LogP contribution in [0, 0.1) is 5.41 Å². The minimum absolute atomic E-state index is 0.0322. The van der Waals surface area contributed by atoms with Gasteiger partial charge in [-0.15, -0.1) is 0 Å². The van der Waals surface area contributed by atoms with Crippen molar-refractivity contribution in [3.63, 3.8) is 0 Å². The monoisotopic (exact) mass is 482 g/mol. The first-order chi connectivity index (χ1) is 16.8. The lowest BCUT2D eigenvalue weighted by Gasteiger charge is -2.23. The summed E-state index contributed by atoms with van der Waals surface area (Å²) in [6.45, 7) is 8.25. The molecule has 0 N–H and O–H groups in total. The van der Waals surface area contributed by atoms with Crippen LogP contribution in [0.15, 0.2) is 18.3 Å². The maximum absolute atomic E-state index is 12.6. The first-order valence-corrected chi connectivity index (χ1v) is 12.7. The minimum Gasteiger partial charge on any atom is -0.491 e. The first-order valence-electron chi connectivity index (χ1n) is 12.7. The average Bonchev–Trinajstić information content (AvgIpc) is 3.29. The van der Waals surface area contributed by atoms with Gasteiger partial charge in [-0.25, -0.2) is 9.97 Å². The summed E-state index contributed by atoms with van der Waals surface area (Å²) >= 11 is 0. The number of fused-ring (bicyclic) bond motifs is 1. The van der Waals surface area contributed by atoms with Crippen LogP contribution in [0.25, 0.3) is 11.5 Å². The molecule has 0 bridgehead atoms. The number of hydrogen-bond donors (Lipinski definition) is 0. The molecular formula is C27H38N4O4. The second-order valence-electron chi connectivity index (χ2n) is 10.7. The van der Waals surface area contributed by atoms with Crippen molar-refractivity contribution in [2.75, 3.05) is 38.3 Å². The number of carbonyl (C=O) groups is 1. The van der Waals surface area contributed by atoms with E-state index in [0.717, 1.165) is 62.2 Å². The van der Waals surface area contributed by atoms with Gasteiger partial charge in [0.05, 0.1) is 13.2 Å². The average molecular weight is 483 g/mol. The van der Waals surface area contributed by atoms with Gasteiger partial charge in [0.15, 0.2) is 17.9 Å². The molecule has 0 aromatic carbocycles. The predicted octanol–water partition coefficient (Wildman–Crippen LogP) is 4.39. The van der Waals surface area contributed by atoms with E-state index in [1.54, 1.807) is 6.20 Å². The summed E-state index contributed by atoms with van der Waals surface area (Å²) in [5.74, 6) is 2.30. The summed E-state index contributed by atoms with van der Waals surface area (Å²) in [7, 11) is 1.94. The number of ether oxygens (including phenoxy) is 3. The van der Waals surface area contributed by atoms with Crippen LogP contribution in [0.3, 0.4) is 0 Å². The number of carbonyl (C=O) groups excluding carboxylic acids is 1. The van der Waals surface area contributed by atoms with Crippen molar-refractivity contribution in [2.45, 2.75) is 72.0 Å². The molecular weight excluding hydrogens is 444 g/mol. The van der Waals surface area contributed by atoms with E-state index in [4.69, 9.17) is 24.2 Å². The van der Waals surface area contributed by atoms with Crippen molar-refractivity contribution in [3.8, 4) is 17.3 Å². The van der Waals surface area contributed by atoms with Crippen LogP contribution in [0.2, 0.25) is 0 Å². The van der Waals surface area contributed by atoms with E-state index in [-0.39, 0.29) is 17.5 Å². The Morgan fingerprint density at radius 3 is 2.80 bits per heavy atom. The number of aromatic nitrogens is 3. The Hall–Kier alpha value is -2.58. The second kappa shape index (κ2) is 11.4. The Kier molecular flexibility index (Phi) is 8.34. The highest BCUT2D eigenvalue weighted by atomic mass is 16.7. The first kappa shape index (κ1) is 25.5. The number of nitrogens with zero attached hydrogens (tertiary/aromatic N) is 4. The zero-order chi connectivity index (χ0) is 24.8. The van der Waals surface area contributed by atoms with E-state index in [1.807, 2.05) is 24.1 Å². The van der Waals surface area contributed by atoms with E-state index in [2.05, 4.69) is 25.8 Å². The van der Waals surface area contributed by atoms with Gasteiger partial charge < -0.3 is 19.1 Å². The Bertz CT molecular complexity index is 1010. The van der Waals surface area contributed by atoms with E-state index in [1.165, 1.54) is 0 Å². The van der Waals surface area contributed by atoms with Crippen molar-refractivity contribution in [1.29, 1.82) is 0 Å². The standard InChI is InChI=1S/C27H38N4O4/c1-27(2,3)17-19(32)18-31(4)26-21-8-7-9-22(21)29-25(30-26)23-16-20(11-12-28-23)33-14-15-35-24-10-5-6-13-34-24/h11-12,16,24H,5-10,13-15,17-18H2,1-4H3. The van der Waals surface area contributed by atoms with Crippen molar-refractivity contribution >= 4 is 11.6 Å². The maximum Gasteiger partial charge on any atom is 0.180 e. The molecule has 2 aromatic heterocycles. The summed E-state index contributed by atoms with van der Waals surface area (Å²) in [5.41, 5.74) is 2.82. The fraction of sp³-hybridized carbons (Fsp3) is 0.630. The molecule has 2 aliphatic rings. The number of anilines is 1. The molecule has 2 aromatic rings. The number of likely N-dealkylation sites (N-methyl/N-ethyl adjacent to an activating group) is 1. The molecule has 190 valence electrons. The normalized spacial score (nSPS) is 17.8. The summed E-state index contributed by atoms with van der Waals surface area (Å²) in [6, 6.07) is 3.69. The third kappa shape index (κ3) is 7.21. The lowest BCUT2D eigenvalue weighted by molar-refractivity contribution is -0.165. The molecule has 8 heteroatoms. The topological polar surface area (TPSA) is 86.7 Å². The molecule has 0 saturated carbocycles. The molecule has 1 saturated heterocycles. The van der Waals surface area contributed by atoms with Gasteiger partial charge in [0.1, 0.15) is 23.9 Å². The summed E-state index contributed by atoms with van der Waals surface area (Å²) in [4.78, 5) is 28.8. The predicted molar refractivity (Wildman–Crippen MR) is 135 cm³/mol. The molecule has 1 atom stereocenters. The van der Waals surface area contributed by atoms with Crippen molar-refractivity contribution in [3.05, 3.63) is 29.6 Å². The molecule has 4 rings (SSSR count). The van der Waals surface area contributed by atoms with Gasteiger partial charge >= 0.3 is 0 Å². The largest absolute Gasteiger partial charge is 0.491 e. The zero-order valence-electron chi connectivity index (χ0n) is 21.5. The van der Waals surface area contributed by atoms with Gasteiger partial charge in [0, 0.05) is 43.6 Å². The molecule has 35 heavy (non-hydrogen) atoms. The van der Waals surface area contributed by atoms with Gasteiger partial charge in [-0.1, -0.05) is 20.8 Å². The summed E-state index contributed by atoms with van der Waals surface area (Å²) in [5, 5.41) is 0. The van der Waals surface area contributed by atoms with Crippen molar-refractivity contribution in [2.24, 2.45) is 5.41 Å². The van der Waals surface area contributed by atoms with Gasteiger partial charge in [0.25, 0.3) is 0 Å². The van der Waals surface area contributed by atoms with E-state index < -0.39 is 0 Å². The fourth-order valence-electron chi connectivity index (χ4n) is 4.63. The van der Waals surface area contributed by atoms with Crippen LogP contribution in [-0.2, 0) is 27.1 Å². The lowest BCUT2D eigenvalue weighted by Crippen LogP contribution is -2.30. The van der Waals surface area contributed by atoms with E-state index >= 15 is 0 Å². The highest BCUT2D eigenvalue weighted by molar-refractivity contribution is 5.84. The summed E-state index contributed by atoms with van der Waals surface area (Å²) < 4.78 is 17.2. The van der Waals surface area contributed by atoms with E-state index in [9.17, 15) is 4.79 Å². The third-order valence-corrected chi connectivity index (χ3v) is 6.17. The number of ketones is 1. The fourth-order valence-corrected chi connectivity index (χ4v) is 4.63. The Labute approximate surface area is 208 Å². The highest BCUT2D eigenvalue weighted by Gasteiger charge is 2.25. The molecule has 0 spiro atoms. The van der Waals surface area contributed by atoms with Crippen LogP contribution in [-0.4, -0.2) is 60.4 Å². The molecule has 8 nitrogen and oxygen atoms in total. The molecule has 0 radical (unpaired) electrons. The van der Waals surface area contributed by atoms with Crippen LogP contribution in [0.1, 0.15) is 64.1 Å². The third-order valence-electron chi connectivity index (χ3n) is 6.17. The number of Topliss-reactive ketones (excluding diaryl/α,β-unsaturated/α-hetero) is 1. The smallest absolute Gasteiger partial charge is 0.180 e. The van der Waals surface area contributed by atoms with Crippen molar-refractivity contribution in [1.82, 2.24) is 15.0 Å². The molecule has 1 unspecified atom stereocenters. The van der Waals surface area contributed by atoms with E-state index in [0.29, 0.717) is 43.4 Å². The van der Waals surface area contributed by atoms with Crippen LogP contribution in [0.4, 0.5) is 5.82 Å². The molecule has 1 aliphatic carbocycles. The summed E-state index contributed by atoms with van der Waals surface area (Å²) in [6.07, 6.45) is 8.21. The van der Waals surface area contributed by atoms with Crippen LogP contribution in [0.5, 0.6) is 5.75 Å². The number of rotatable bonds is 10. The Morgan fingerprint density at radius 1 is 1.17 bits per heavy atom. The van der Waals surface area contributed by atoms with Gasteiger partial charge in [-0.2, -0.15) is 0 Å². The molecule has 1 fully saturated rings. The van der Waals surface area contributed by atoms with Crippen molar-refractivity contribution < 1.29 is 19.0 Å². The van der Waals surface area contributed by atoms with Gasteiger partial charge in [-0.05, 0) is 50.0 Å². The maximum atomic E-state index is 12.6. The zero-order valence-corrected chi connectivity index (χ0v) is 21.5. The quantitative estimate of drug-likeness (QED) is 0.461. The SMILES string of the molecule is CN(CC(=O)CC(C)(C)C)c1nc(-c2cc(OCCOC3CCCCO3)ccn2)nc2c1CCC2. The Balaban J connectivity index is 1.44. The second-order valence-corrected chi connectivity index (χ2v) is 10.7. The minimum atomic E-state index is -0.120. The van der Waals surface area contributed by atoms with Gasteiger partial charge in [0.2, 0.25) is 0 Å². The number of hydrogen-bond acceptors (Lipinski definition) is 8. The Morgan fingerprint density at radius 2 is 2.03 bits per heavy atom. The molecule has 3 heterocycles. The molecule has 1 aliphatic heterocycles. The lowest BCUT2D eigenvalue weighted by atomic mass is 9.90. The van der Waals surface area contributed by atoms with Gasteiger partial charge in [-0.3, -0.25) is 9.78 Å². The molecule has 0 amide bonds. The van der Waals surface area contributed by atoms with Crippen LogP contribution < -0.4 is 9.64 Å². The van der Waals surface area contributed by atoms with Crippen LogP contribution >= 0.6 is 0 Å².